The van der Waals surface area contributed by atoms with Gasteiger partial charge in [0.15, 0.2) is 0 Å². The fourth-order valence-corrected chi connectivity index (χ4v) is 3.13. The second-order valence-corrected chi connectivity index (χ2v) is 6.42. The first-order valence-corrected chi connectivity index (χ1v) is 8.27. The lowest BCUT2D eigenvalue weighted by Gasteiger charge is -2.30. The Morgan fingerprint density at radius 3 is 2.88 bits per heavy atom. The van der Waals surface area contributed by atoms with Gasteiger partial charge in [-0.1, -0.05) is 29.8 Å². The third-order valence-electron chi connectivity index (χ3n) is 4.28. The maximum absolute atomic E-state index is 12.6. The summed E-state index contributed by atoms with van der Waals surface area (Å²) in [7, 11) is 0. The third-order valence-corrected chi connectivity index (χ3v) is 4.65. The molecule has 0 radical (unpaired) electrons. The molecule has 0 bridgehead atoms. The molecule has 1 atom stereocenters. The Labute approximate surface area is 145 Å². The van der Waals surface area contributed by atoms with E-state index in [0.717, 1.165) is 18.4 Å². The Morgan fingerprint density at radius 1 is 1.33 bits per heavy atom. The molecule has 0 saturated carbocycles. The maximum atomic E-state index is 12.6. The molecule has 1 aliphatic heterocycles. The average Bonchev–Trinajstić information content (AvgIpc) is 3.05. The van der Waals surface area contributed by atoms with Gasteiger partial charge in [-0.3, -0.25) is 14.3 Å². The van der Waals surface area contributed by atoms with Crippen molar-refractivity contribution in [1.82, 2.24) is 14.7 Å². The molecule has 2 heterocycles. The number of likely N-dealkylation sites (tertiary alicyclic amines) is 1. The number of amides is 2. The molecule has 1 fully saturated rings. The van der Waals surface area contributed by atoms with Crippen LogP contribution in [0.2, 0.25) is 5.02 Å². The molecular weight excluding hydrogens is 328 g/mol. The lowest BCUT2D eigenvalue weighted by molar-refractivity contribution is -0.123. The zero-order valence-corrected chi connectivity index (χ0v) is 13.9. The Kier molecular flexibility index (Phi) is 4.85. The first-order chi connectivity index (χ1) is 11.5. The van der Waals surface area contributed by atoms with Crippen LogP contribution in [0, 0.1) is 5.92 Å². The summed E-state index contributed by atoms with van der Waals surface area (Å²) in [6.45, 7) is 1.51. The van der Waals surface area contributed by atoms with Gasteiger partial charge in [-0.05, 0) is 24.5 Å². The van der Waals surface area contributed by atoms with Gasteiger partial charge in [0.2, 0.25) is 5.91 Å². The molecule has 6 nitrogen and oxygen atoms in total. The smallest absolute Gasteiger partial charge is 0.257 e. The molecule has 1 aromatic carbocycles. The Morgan fingerprint density at radius 2 is 2.12 bits per heavy atom. The predicted octanol–water partition coefficient (Wildman–Crippen LogP) is 1.92. The topological polar surface area (TPSA) is 81.2 Å². The van der Waals surface area contributed by atoms with Crippen LogP contribution in [-0.2, 0) is 11.3 Å². The van der Waals surface area contributed by atoms with E-state index in [-0.39, 0.29) is 17.7 Å². The van der Waals surface area contributed by atoms with E-state index in [1.54, 1.807) is 22.0 Å². The summed E-state index contributed by atoms with van der Waals surface area (Å²) in [5.41, 5.74) is 6.81. The van der Waals surface area contributed by atoms with Gasteiger partial charge < -0.3 is 10.6 Å². The lowest BCUT2D eigenvalue weighted by atomic mass is 9.97. The largest absolute Gasteiger partial charge is 0.369 e. The molecule has 1 aromatic heterocycles. The Bertz CT molecular complexity index is 759. The van der Waals surface area contributed by atoms with E-state index in [4.69, 9.17) is 17.3 Å². The minimum absolute atomic E-state index is 0.119. The number of hydrogen-bond acceptors (Lipinski definition) is 3. The molecule has 1 saturated heterocycles. The van der Waals surface area contributed by atoms with E-state index in [0.29, 0.717) is 30.2 Å². The van der Waals surface area contributed by atoms with E-state index in [2.05, 4.69) is 5.10 Å². The first-order valence-electron chi connectivity index (χ1n) is 7.89. The van der Waals surface area contributed by atoms with Crippen molar-refractivity contribution in [3.63, 3.8) is 0 Å². The Hall–Kier alpha value is -2.34. The predicted molar refractivity (Wildman–Crippen MR) is 90.6 cm³/mol. The number of aromatic nitrogens is 2. The standard InChI is InChI=1S/C17H19ClN4O2/c18-15-6-2-1-4-12(15)10-22-11-14(8-20-22)17(24)21-7-3-5-13(9-21)16(19)23/h1-2,4,6,8,11,13H,3,5,7,9-10H2,(H2,19,23). The van der Waals surface area contributed by atoms with Crippen LogP contribution in [0.5, 0.6) is 0 Å². The van der Waals surface area contributed by atoms with E-state index < -0.39 is 0 Å². The highest BCUT2D eigenvalue weighted by atomic mass is 35.5. The van der Waals surface area contributed by atoms with Crippen molar-refractivity contribution in [3.05, 3.63) is 52.8 Å². The summed E-state index contributed by atoms with van der Waals surface area (Å²) in [5.74, 6) is -0.728. The van der Waals surface area contributed by atoms with E-state index >= 15 is 0 Å². The van der Waals surface area contributed by atoms with E-state index in [1.165, 1.54) is 0 Å². The van der Waals surface area contributed by atoms with Crippen LogP contribution in [0.15, 0.2) is 36.7 Å². The first kappa shape index (κ1) is 16.5. The zero-order chi connectivity index (χ0) is 17.1. The average molecular weight is 347 g/mol. The van der Waals surface area contributed by atoms with Crippen LogP contribution in [0.1, 0.15) is 28.8 Å². The highest BCUT2D eigenvalue weighted by molar-refractivity contribution is 6.31. The summed E-state index contributed by atoms with van der Waals surface area (Å²) in [4.78, 5) is 25.6. The molecule has 2 amide bonds. The van der Waals surface area contributed by atoms with Crippen LogP contribution in [-0.4, -0.2) is 39.6 Å². The second-order valence-electron chi connectivity index (χ2n) is 6.01. The van der Waals surface area contributed by atoms with Crippen molar-refractivity contribution in [1.29, 1.82) is 0 Å². The quantitative estimate of drug-likeness (QED) is 0.918. The van der Waals surface area contributed by atoms with Gasteiger partial charge in [-0.15, -0.1) is 0 Å². The van der Waals surface area contributed by atoms with Gasteiger partial charge in [0.05, 0.1) is 24.2 Å². The molecule has 0 spiro atoms. The third kappa shape index (κ3) is 3.59. The zero-order valence-electron chi connectivity index (χ0n) is 13.2. The maximum Gasteiger partial charge on any atom is 0.257 e. The van der Waals surface area contributed by atoms with Gasteiger partial charge in [-0.2, -0.15) is 5.10 Å². The summed E-state index contributed by atoms with van der Waals surface area (Å²) >= 11 is 6.15. The highest BCUT2D eigenvalue weighted by Crippen LogP contribution is 2.19. The summed E-state index contributed by atoms with van der Waals surface area (Å²) in [5, 5.41) is 4.91. The number of carbonyl (C=O) groups excluding carboxylic acids is 2. The van der Waals surface area contributed by atoms with Gasteiger partial charge in [0, 0.05) is 24.3 Å². The van der Waals surface area contributed by atoms with E-state index in [9.17, 15) is 9.59 Å². The molecule has 126 valence electrons. The van der Waals surface area contributed by atoms with Crippen molar-refractivity contribution in [2.75, 3.05) is 13.1 Å². The van der Waals surface area contributed by atoms with Crippen LogP contribution < -0.4 is 5.73 Å². The van der Waals surface area contributed by atoms with Crippen molar-refractivity contribution < 1.29 is 9.59 Å². The summed E-state index contributed by atoms with van der Waals surface area (Å²) < 4.78 is 1.68. The van der Waals surface area contributed by atoms with E-state index in [1.807, 2.05) is 24.3 Å². The van der Waals surface area contributed by atoms with Crippen molar-refractivity contribution in [2.45, 2.75) is 19.4 Å². The summed E-state index contributed by atoms with van der Waals surface area (Å²) in [6, 6.07) is 7.53. The molecular formula is C17H19ClN4O2. The SMILES string of the molecule is NC(=O)C1CCCN(C(=O)c2cnn(Cc3ccccc3Cl)c2)C1. The number of benzene rings is 1. The van der Waals surface area contributed by atoms with Crippen LogP contribution >= 0.6 is 11.6 Å². The molecule has 2 N–H and O–H groups in total. The highest BCUT2D eigenvalue weighted by Gasteiger charge is 2.28. The number of rotatable bonds is 4. The molecule has 7 heteroatoms. The number of nitrogens with two attached hydrogens (primary N) is 1. The van der Waals surface area contributed by atoms with Gasteiger partial charge in [-0.25, -0.2) is 0 Å². The second kappa shape index (κ2) is 7.05. The van der Waals surface area contributed by atoms with Crippen LogP contribution in [0.25, 0.3) is 0 Å². The molecule has 0 aliphatic carbocycles. The lowest BCUT2D eigenvalue weighted by Crippen LogP contribution is -2.44. The molecule has 2 aromatic rings. The minimum Gasteiger partial charge on any atom is -0.369 e. The fourth-order valence-electron chi connectivity index (χ4n) is 2.94. The fraction of sp³-hybridized carbons (Fsp3) is 0.353. The normalized spacial score (nSPS) is 17.7. The van der Waals surface area contributed by atoms with Crippen molar-refractivity contribution in [2.24, 2.45) is 11.7 Å². The molecule has 1 aliphatic rings. The number of hydrogen-bond donors (Lipinski definition) is 1. The summed E-state index contributed by atoms with van der Waals surface area (Å²) in [6.07, 6.45) is 4.78. The molecule has 3 rings (SSSR count). The number of halogens is 1. The van der Waals surface area contributed by atoms with Gasteiger partial charge in [0.1, 0.15) is 0 Å². The van der Waals surface area contributed by atoms with Crippen LogP contribution in [0.4, 0.5) is 0 Å². The molecule has 24 heavy (non-hydrogen) atoms. The Balaban J connectivity index is 1.70. The van der Waals surface area contributed by atoms with Gasteiger partial charge >= 0.3 is 0 Å². The number of carbonyl (C=O) groups is 2. The number of nitrogens with zero attached hydrogens (tertiary/aromatic N) is 3. The van der Waals surface area contributed by atoms with Gasteiger partial charge in [0.25, 0.3) is 5.91 Å². The van der Waals surface area contributed by atoms with Crippen molar-refractivity contribution >= 4 is 23.4 Å². The minimum atomic E-state index is -0.345. The number of primary amides is 1. The molecule has 1 unspecified atom stereocenters. The van der Waals surface area contributed by atoms with Crippen LogP contribution in [0.3, 0.4) is 0 Å². The number of piperidine rings is 1. The van der Waals surface area contributed by atoms with Crippen molar-refractivity contribution in [3.8, 4) is 0 Å². The monoisotopic (exact) mass is 346 g/mol.